The summed E-state index contributed by atoms with van der Waals surface area (Å²) in [6.07, 6.45) is 0.574. The third-order valence-electron chi connectivity index (χ3n) is 2.52. The lowest BCUT2D eigenvalue weighted by molar-refractivity contribution is 0.0358. The Kier molecular flexibility index (Phi) is 5.24. The van der Waals surface area contributed by atoms with Crippen LogP contribution in [0, 0.1) is 0 Å². The maximum atomic E-state index is 10.1. The van der Waals surface area contributed by atoms with Crippen molar-refractivity contribution < 1.29 is 9.84 Å². The monoisotopic (exact) mass is 302 g/mol. The number of ether oxygens (including phenoxy) is 1. The summed E-state index contributed by atoms with van der Waals surface area (Å²) < 4.78 is 5.90. The maximum absolute atomic E-state index is 10.1. The van der Waals surface area contributed by atoms with Gasteiger partial charge in [0.1, 0.15) is 0 Å². The lowest BCUT2D eigenvalue weighted by Crippen LogP contribution is -2.34. The van der Waals surface area contributed by atoms with Crippen LogP contribution >= 0.6 is 15.9 Å². The summed E-state index contributed by atoms with van der Waals surface area (Å²) in [5, 5.41) is 13.2. The molecule has 0 aliphatic heterocycles. The lowest BCUT2D eigenvalue weighted by atomic mass is 10.0. The van der Waals surface area contributed by atoms with E-state index in [1.807, 2.05) is 18.2 Å². The van der Waals surface area contributed by atoms with E-state index in [4.69, 9.17) is 10.5 Å². The van der Waals surface area contributed by atoms with Crippen molar-refractivity contribution in [2.45, 2.75) is 18.9 Å². The van der Waals surface area contributed by atoms with Gasteiger partial charge in [0.05, 0.1) is 17.0 Å². The molecule has 0 aliphatic carbocycles. The van der Waals surface area contributed by atoms with E-state index in [-0.39, 0.29) is 0 Å². The van der Waals surface area contributed by atoms with E-state index in [1.165, 1.54) is 0 Å². The zero-order chi connectivity index (χ0) is 12.9. The molecule has 1 aromatic carbocycles. The number of methoxy groups -OCH3 is 1. The van der Waals surface area contributed by atoms with E-state index in [2.05, 4.69) is 21.2 Å². The summed E-state index contributed by atoms with van der Waals surface area (Å²) in [5.74, 6) is 0. The molecule has 0 bridgehead atoms. The molecule has 1 rings (SSSR count). The highest BCUT2D eigenvalue weighted by molar-refractivity contribution is 9.10. The van der Waals surface area contributed by atoms with E-state index in [9.17, 15) is 5.11 Å². The van der Waals surface area contributed by atoms with Gasteiger partial charge < -0.3 is 20.9 Å². The minimum Gasteiger partial charge on any atom is -0.397 e. The first-order chi connectivity index (χ1) is 7.94. The molecular weight excluding hydrogens is 284 g/mol. The first-order valence-electron chi connectivity index (χ1n) is 5.45. The van der Waals surface area contributed by atoms with Crippen molar-refractivity contribution in [3.05, 3.63) is 22.7 Å². The van der Waals surface area contributed by atoms with Crippen molar-refractivity contribution in [2.24, 2.45) is 0 Å². The molecule has 0 saturated heterocycles. The molecule has 1 unspecified atom stereocenters. The van der Waals surface area contributed by atoms with Gasteiger partial charge in [0.15, 0.2) is 0 Å². The van der Waals surface area contributed by atoms with Crippen LogP contribution in [0.4, 0.5) is 11.4 Å². The quantitative estimate of drug-likeness (QED) is 0.705. The maximum Gasteiger partial charge on any atom is 0.0813 e. The Morgan fingerprint density at radius 3 is 2.88 bits per heavy atom. The van der Waals surface area contributed by atoms with Gasteiger partial charge in [-0.15, -0.1) is 0 Å². The van der Waals surface area contributed by atoms with E-state index >= 15 is 0 Å². The van der Waals surface area contributed by atoms with Crippen LogP contribution < -0.4 is 11.1 Å². The van der Waals surface area contributed by atoms with Crippen molar-refractivity contribution >= 4 is 27.3 Å². The van der Waals surface area contributed by atoms with Gasteiger partial charge in [-0.2, -0.15) is 0 Å². The van der Waals surface area contributed by atoms with E-state index in [0.717, 1.165) is 10.2 Å². The van der Waals surface area contributed by atoms with Crippen LogP contribution in [-0.4, -0.2) is 31.0 Å². The van der Waals surface area contributed by atoms with Crippen molar-refractivity contribution in [1.82, 2.24) is 0 Å². The molecule has 17 heavy (non-hydrogen) atoms. The third-order valence-corrected chi connectivity index (χ3v) is 3.01. The number of hydrogen-bond acceptors (Lipinski definition) is 4. The number of nitrogen functional groups attached to an aromatic ring is 1. The van der Waals surface area contributed by atoms with Gasteiger partial charge in [0.2, 0.25) is 0 Å². The van der Waals surface area contributed by atoms with Crippen LogP contribution in [0.1, 0.15) is 13.3 Å². The average molecular weight is 303 g/mol. The summed E-state index contributed by atoms with van der Waals surface area (Å²) in [6, 6.07) is 5.58. The van der Waals surface area contributed by atoms with E-state index in [0.29, 0.717) is 25.3 Å². The van der Waals surface area contributed by atoms with E-state index < -0.39 is 5.60 Å². The minimum atomic E-state index is -0.815. The number of rotatable bonds is 6. The molecule has 0 radical (unpaired) electrons. The van der Waals surface area contributed by atoms with Gasteiger partial charge in [0, 0.05) is 31.2 Å². The molecule has 5 heteroatoms. The van der Waals surface area contributed by atoms with Gasteiger partial charge >= 0.3 is 0 Å². The van der Waals surface area contributed by atoms with E-state index in [1.54, 1.807) is 14.0 Å². The predicted molar refractivity (Wildman–Crippen MR) is 74.2 cm³/mol. The topological polar surface area (TPSA) is 67.5 Å². The van der Waals surface area contributed by atoms with Crippen molar-refractivity contribution in [3.63, 3.8) is 0 Å². The first kappa shape index (κ1) is 14.3. The van der Waals surface area contributed by atoms with Crippen molar-refractivity contribution in [3.8, 4) is 0 Å². The fraction of sp³-hybridized carbons (Fsp3) is 0.500. The fourth-order valence-electron chi connectivity index (χ4n) is 1.38. The summed E-state index contributed by atoms with van der Waals surface area (Å²) in [6.45, 7) is 2.73. The summed E-state index contributed by atoms with van der Waals surface area (Å²) in [7, 11) is 1.62. The third kappa shape index (κ3) is 4.93. The molecule has 1 aromatic rings. The van der Waals surface area contributed by atoms with Crippen LogP contribution in [0.3, 0.4) is 0 Å². The SMILES string of the molecule is COCCC(C)(O)CNc1cc(Br)ccc1N. The normalized spacial score (nSPS) is 14.4. The number of halogens is 1. The largest absolute Gasteiger partial charge is 0.397 e. The molecule has 0 aromatic heterocycles. The van der Waals surface area contributed by atoms with Crippen LogP contribution in [0.25, 0.3) is 0 Å². The van der Waals surface area contributed by atoms with Crippen molar-refractivity contribution in [1.29, 1.82) is 0 Å². The Bertz CT molecular complexity index is 370. The number of nitrogens with one attached hydrogen (secondary N) is 1. The zero-order valence-electron chi connectivity index (χ0n) is 10.2. The second-order valence-electron chi connectivity index (χ2n) is 4.32. The summed E-state index contributed by atoms with van der Waals surface area (Å²) in [5.41, 5.74) is 6.49. The Morgan fingerprint density at radius 2 is 2.24 bits per heavy atom. The average Bonchev–Trinajstić information content (AvgIpc) is 2.28. The van der Waals surface area contributed by atoms with Gasteiger partial charge in [-0.3, -0.25) is 0 Å². The minimum absolute atomic E-state index is 0.428. The summed E-state index contributed by atoms with van der Waals surface area (Å²) >= 11 is 3.38. The molecule has 96 valence electrons. The number of benzene rings is 1. The molecule has 0 saturated carbocycles. The number of anilines is 2. The molecule has 0 heterocycles. The Balaban J connectivity index is 2.57. The molecule has 0 aliphatic rings. The zero-order valence-corrected chi connectivity index (χ0v) is 11.8. The molecule has 4 nitrogen and oxygen atoms in total. The van der Waals surface area contributed by atoms with Gasteiger partial charge in [-0.1, -0.05) is 15.9 Å². The van der Waals surface area contributed by atoms with Gasteiger partial charge in [0.25, 0.3) is 0 Å². The van der Waals surface area contributed by atoms with Crippen LogP contribution in [0.2, 0.25) is 0 Å². The van der Waals surface area contributed by atoms with Crippen molar-refractivity contribution in [2.75, 3.05) is 31.3 Å². The lowest BCUT2D eigenvalue weighted by Gasteiger charge is -2.24. The smallest absolute Gasteiger partial charge is 0.0813 e. The predicted octanol–water partition coefficient (Wildman–Crippen LogP) is 2.23. The standard InChI is InChI=1S/C12H19BrN2O2/c1-12(16,5-6-17-2)8-15-11-7-9(13)3-4-10(11)14/h3-4,7,15-16H,5-6,8,14H2,1-2H3. The Morgan fingerprint density at radius 1 is 1.53 bits per heavy atom. The highest BCUT2D eigenvalue weighted by Gasteiger charge is 2.19. The Labute approximate surface area is 110 Å². The first-order valence-corrected chi connectivity index (χ1v) is 6.24. The summed E-state index contributed by atoms with van der Waals surface area (Å²) in [4.78, 5) is 0. The molecule has 0 fully saturated rings. The van der Waals surface area contributed by atoms with Gasteiger partial charge in [-0.25, -0.2) is 0 Å². The second kappa shape index (κ2) is 6.23. The number of nitrogens with two attached hydrogens (primary N) is 1. The highest BCUT2D eigenvalue weighted by Crippen LogP contribution is 2.24. The fourth-order valence-corrected chi connectivity index (χ4v) is 1.74. The second-order valence-corrected chi connectivity index (χ2v) is 5.24. The number of hydrogen-bond donors (Lipinski definition) is 3. The van der Waals surface area contributed by atoms with Crippen LogP contribution in [0.15, 0.2) is 22.7 Å². The molecule has 0 amide bonds. The number of aliphatic hydroxyl groups is 1. The molecule has 4 N–H and O–H groups in total. The van der Waals surface area contributed by atoms with Crippen LogP contribution in [-0.2, 0) is 4.74 Å². The van der Waals surface area contributed by atoms with Crippen LogP contribution in [0.5, 0.6) is 0 Å². The van der Waals surface area contributed by atoms with Gasteiger partial charge in [-0.05, 0) is 25.1 Å². The Hall–Kier alpha value is -0.780. The molecule has 1 atom stereocenters. The highest BCUT2D eigenvalue weighted by atomic mass is 79.9. The molecule has 0 spiro atoms. The molecular formula is C12H19BrN2O2.